The second kappa shape index (κ2) is 6.86. The van der Waals surface area contributed by atoms with Crippen LogP contribution in [0.25, 0.3) is 10.1 Å². The van der Waals surface area contributed by atoms with Gasteiger partial charge in [0.05, 0.1) is 17.4 Å². The monoisotopic (exact) mass is 368 g/mol. The topological polar surface area (TPSA) is 34.0 Å². The third kappa shape index (κ3) is 3.38. The van der Waals surface area contributed by atoms with Gasteiger partial charge in [0.15, 0.2) is 0 Å². The molecule has 4 aromatic rings. The molecule has 0 bridgehead atoms. The van der Waals surface area contributed by atoms with Crippen LogP contribution in [-0.2, 0) is 20.1 Å². The van der Waals surface area contributed by atoms with E-state index in [0.717, 1.165) is 18.1 Å². The smallest absolute Gasteiger partial charge is 0.129 e. The number of anilines is 1. The fourth-order valence-corrected chi connectivity index (χ4v) is 3.61. The Morgan fingerprint density at radius 1 is 1.08 bits per heavy atom. The van der Waals surface area contributed by atoms with Crippen LogP contribution in [0.4, 0.5) is 5.69 Å². The van der Waals surface area contributed by atoms with Gasteiger partial charge < -0.3 is 9.47 Å². The van der Waals surface area contributed by atoms with Crippen LogP contribution in [0.2, 0.25) is 5.15 Å². The lowest BCUT2D eigenvalue weighted by Gasteiger charge is -2.25. The molecule has 126 valence electrons. The van der Waals surface area contributed by atoms with Gasteiger partial charge in [-0.05, 0) is 35.3 Å². The predicted octanol–water partition coefficient (Wildman–Crippen LogP) is 4.89. The molecule has 25 heavy (non-hydrogen) atoms. The third-order valence-electron chi connectivity index (χ3n) is 4.28. The van der Waals surface area contributed by atoms with Gasteiger partial charge >= 0.3 is 0 Å². The first-order chi connectivity index (χ1) is 12.2. The lowest BCUT2D eigenvalue weighted by atomic mass is 10.1. The number of hydrogen-bond donors (Lipinski definition) is 0. The van der Waals surface area contributed by atoms with E-state index in [1.807, 2.05) is 23.9 Å². The molecule has 0 fully saturated rings. The Balaban J connectivity index is 1.70. The van der Waals surface area contributed by atoms with Crippen LogP contribution in [0, 0.1) is 0 Å². The number of rotatable bonds is 5. The Morgan fingerprint density at radius 2 is 1.92 bits per heavy atom. The Bertz CT molecular complexity index is 993. The highest BCUT2D eigenvalue weighted by atomic mass is 35.5. The van der Waals surface area contributed by atoms with Crippen molar-refractivity contribution in [2.75, 3.05) is 4.90 Å². The molecule has 0 atom stereocenters. The predicted molar refractivity (Wildman–Crippen MR) is 104 cm³/mol. The van der Waals surface area contributed by atoms with Crippen molar-refractivity contribution in [1.29, 1.82) is 0 Å². The maximum atomic E-state index is 6.16. The summed E-state index contributed by atoms with van der Waals surface area (Å²) in [6.07, 6.45) is 3.62. The van der Waals surface area contributed by atoms with E-state index < -0.39 is 0 Å². The lowest BCUT2D eigenvalue weighted by molar-refractivity contribution is 0.715. The van der Waals surface area contributed by atoms with E-state index in [-0.39, 0.29) is 0 Å². The molecule has 0 saturated heterocycles. The summed E-state index contributed by atoms with van der Waals surface area (Å²) in [6.45, 7) is 1.48. The first kappa shape index (κ1) is 16.1. The first-order valence-corrected chi connectivity index (χ1v) is 9.15. The zero-order valence-corrected chi connectivity index (χ0v) is 15.3. The Labute approximate surface area is 155 Å². The van der Waals surface area contributed by atoms with Crippen LogP contribution < -0.4 is 4.90 Å². The quantitative estimate of drug-likeness (QED) is 0.503. The summed E-state index contributed by atoms with van der Waals surface area (Å²) in [4.78, 5) is 6.76. The molecule has 4 rings (SSSR count). The van der Waals surface area contributed by atoms with E-state index in [4.69, 9.17) is 11.6 Å². The van der Waals surface area contributed by atoms with Crippen LogP contribution >= 0.6 is 23.1 Å². The lowest BCUT2D eigenvalue weighted by Crippen LogP contribution is -2.24. The normalized spacial score (nSPS) is 11.1. The van der Waals surface area contributed by atoms with E-state index in [2.05, 4.69) is 56.7 Å². The highest BCUT2D eigenvalue weighted by molar-refractivity contribution is 7.13. The average molecular weight is 369 g/mol. The number of aromatic nitrogens is 3. The number of benzene rings is 2. The summed E-state index contributed by atoms with van der Waals surface area (Å²) in [5, 5.41) is 1.81. The standard InChI is InChI=1S/C19H17ClN4S/c1-23-18(20)11-21-19(23)13-24(12-14-5-3-2-4-6-14)16-7-8-17-15(9-16)10-22-25-17/h2-11H,12-13H2,1H3. The number of nitrogens with zero attached hydrogens (tertiary/aromatic N) is 4. The van der Waals surface area contributed by atoms with E-state index in [1.165, 1.54) is 27.2 Å². The second-order valence-electron chi connectivity index (χ2n) is 5.95. The fraction of sp³-hybridized carbons (Fsp3) is 0.158. The zero-order chi connectivity index (χ0) is 17.2. The van der Waals surface area contributed by atoms with Gasteiger partial charge in [0, 0.05) is 30.9 Å². The minimum atomic E-state index is 0.646. The molecule has 6 heteroatoms. The number of fused-ring (bicyclic) bond motifs is 1. The van der Waals surface area contributed by atoms with Crippen molar-refractivity contribution in [3.8, 4) is 0 Å². The van der Waals surface area contributed by atoms with E-state index >= 15 is 0 Å². The maximum Gasteiger partial charge on any atom is 0.129 e. The molecular formula is C19H17ClN4S. The molecule has 0 spiro atoms. The van der Waals surface area contributed by atoms with Crippen molar-refractivity contribution in [3.63, 3.8) is 0 Å². The Hall–Kier alpha value is -2.37. The minimum Gasteiger partial charge on any atom is -0.360 e. The van der Waals surface area contributed by atoms with Gasteiger partial charge in [-0.3, -0.25) is 0 Å². The average Bonchev–Trinajstić information content (AvgIpc) is 3.23. The highest BCUT2D eigenvalue weighted by Gasteiger charge is 2.13. The minimum absolute atomic E-state index is 0.646. The molecule has 0 aliphatic carbocycles. The van der Waals surface area contributed by atoms with Gasteiger partial charge in [0.1, 0.15) is 11.0 Å². The maximum absolute atomic E-state index is 6.16. The molecule has 0 saturated carbocycles. The Kier molecular flexibility index (Phi) is 4.42. The van der Waals surface area contributed by atoms with Crippen molar-refractivity contribution in [3.05, 3.63) is 77.5 Å². The van der Waals surface area contributed by atoms with E-state index in [1.54, 1.807) is 6.20 Å². The second-order valence-corrected chi connectivity index (χ2v) is 7.17. The van der Waals surface area contributed by atoms with Crippen LogP contribution in [0.15, 0.2) is 60.9 Å². The third-order valence-corrected chi connectivity index (χ3v) is 5.41. The van der Waals surface area contributed by atoms with Crippen LogP contribution in [0.1, 0.15) is 11.4 Å². The van der Waals surface area contributed by atoms with E-state index in [9.17, 15) is 0 Å². The largest absolute Gasteiger partial charge is 0.360 e. The SMILES string of the molecule is Cn1c(Cl)cnc1CN(Cc1ccccc1)c1ccc2sncc2c1. The fourth-order valence-electron chi connectivity index (χ4n) is 2.84. The van der Waals surface area contributed by atoms with Gasteiger partial charge in [-0.15, -0.1) is 0 Å². The highest BCUT2D eigenvalue weighted by Crippen LogP contribution is 2.27. The van der Waals surface area contributed by atoms with Crippen LogP contribution in [0.3, 0.4) is 0 Å². The number of hydrogen-bond acceptors (Lipinski definition) is 4. The molecule has 2 aromatic carbocycles. The number of halogens is 1. The van der Waals surface area contributed by atoms with Crippen LogP contribution in [0.5, 0.6) is 0 Å². The Morgan fingerprint density at radius 3 is 2.68 bits per heavy atom. The van der Waals surface area contributed by atoms with Gasteiger partial charge in [-0.2, -0.15) is 4.37 Å². The molecule has 2 aromatic heterocycles. The number of imidazole rings is 1. The summed E-state index contributed by atoms with van der Waals surface area (Å²) in [5.74, 6) is 0.935. The van der Waals surface area contributed by atoms with Crippen molar-refractivity contribution in [2.45, 2.75) is 13.1 Å². The molecule has 0 unspecified atom stereocenters. The van der Waals surface area contributed by atoms with Gasteiger partial charge in [0.25, 0.3) is 0 Å². The van der Waals surface area contributed by atoms with E-state index in [0.29, 0.717) is 11.7 Å². The van der Waals surface area contributed by atoms with Crippen LogP contribution in [-0.4, -0.2) is 13.9 Å². The van der Waals surface area contributed by atoms with Crippen molar-refractivity contribution < 1.29 is 0 Å². The summed E-state index contributed by atoms with van der Waals surface area (Å²) in [7, 11) is 1.94. The van der Waals surface area contributed by atoms with Crippen molar-refractivity contribution >= 4 is 38.9 Å². The molecule has 0 aliphatic rings. The molecule has 0 amide bonds. The first-order valence-electron chi connectivity index (χ1n) is 8.00. The molecule has 0 N–H and O–H groups in total. The van der Waals surface area contributed by atoms with Crippen molar-refractivity contribution in [2.24, 2.45) is 7.05 Å². The molecule has 2 heterocycles. The summed E-state index contributed by atoms with van der Waals surface area (Å²) in [6, 6.07) is 16.9. The van der Waals surface area contributed by atoms with Crippen molar-refractivity contribution in [1.82, 2.24) is 13.9 Å². The van der Waals surface area contributed by atoms with Gasteiger partial charge in [-0.1, -0.05) is 41.9 Å². The molecular weight excluding hydrogens is 352 g/mol. The molecule has 0 radical (unpaired) electrons. The van der Waals surface area contributed by atoms with Gasteiger partial charge in [-0.25, -0.2) is 4.98 Å². The molecule has 4 nitrogen and oxygen atoms in total. The molecule has 0 aliphatic heterocycles. The summed E-state index contributed by atoms with van der Waals surface area (Å²) >= 11 is 7.68. The van der Waals surface area contributed by atoms with Gasteiger partial charge in [0.2, 0.25) is 0 Å². The summed E-state index contributed by atoms with van der Waals surface area (Å²) in [5.41, 5.74) is 2.40. The zero-order valence-electron chi connectivity index (χ0n) is 13.8. The summed E-state index contributed by atoms with van der Waals surface area (Å²) < 4.78 is 7.39.